The van der Waals surface area contributed by atoms with Gasteiger partial charge in [0.2, 0.25) is 0 Å². The van der Waals surface area contributed by atoms with Crippen LogP contribution in [-0.2, 0) is 4.43 Å². The minimum Gasteiger partial charge on any atom is -0.458 e. The van der Waals surface area contributed by atoms with Crippen LogP contribution in [-0.4, -0.2) is 23.4 Å². The molecule has 32 heavy (non-hydrogen) atoms. The SMILES string of the molecule is C[SiH](C)OC(c1ccc(-c2ccc3nc(-c4ccc5cc[nH]c5c4)cn3c2)o1)C(C)(C)C. The first kappa shape index (κ1) is 20.8. The van der Waals surface area contributed by atoms with Gasteiger partial charge in [0.15, 0.2) is 9.04 Å². The van der Waals surface area contributed by atoms with Crippen LogP contribution in [0.5, 0.6) is 0 Å². The summed E-state index contributed by atoms with van der Waals surface area (Å²) in [5, 5.41) is 1.20. The summed E-state index contributed by atoms with van der Waals surface area (Å²) >= 11 is 0. The normalized spacial score (nSPS) is 13.4. The number of fused-ring (bicyclic) bond motifs is 2. The van der Waals surface area contributed by atoms with E-state index < -0.39 is 9.04 Å². The van der Waals surface area contributed by atoms with Crippen molar-refractivity contribution < 1.29 is 8.84 Å². The van der Waals surface area contributed by atoms with E-state index in [0.717, 1.165) is 39.5 Å². The number of aromatic amines is 1. The van der Waals surface area contributed by atoms with Crippen molar-refractivity contribution in [2.75, 3.05) is 0 Å². The monoisotopic (exact) mass is 443 g/mol. The molecule has 0 aliphatic carbocycles. The number of nitrogens with zero attached hydrogens (tertiary/aromatic N) is 2. The molecule has 0 aliphatic rings. The predicted octanol–water partition coefficient (Wildman–Crippen LogP) is 6.83. The van der Waals surface area contributed by atoms with E-state index in [0.29, 0.717) is 0 Å². The Morgan fingerprint density at radius 1 is 1.00 bits per heavy atom. The zero-order valence-corrected chi connectivity index (χ0v) is 20.4. The lowest BCUT2D eigenvalue weighted by Gasteiger charge is -2.30. The average Bonchev–Trinajstić information content (AvgIpc) is 3.48. The highest BCUT2D eigenvalue weighted by Gasteiger charge is 2.30. The van der Waals surface area contributed by atoms with Crippen molar-refractivity contribution in [2.24, 2.45) is 5.41 Å². The minimum absolute atomic E-state index is 0.0319. The van der Waals surface area contributed by atoms with Crippen molar-refractivity contribution in [1.29, 1.82) is 0 Å². The topological polar surface area (TPSA) is 55.5 Å². The van der Waals surface area contributed by atoms with Gasteiger partial charge in [-0.3, -0.25) is 0 Å². The summed E-state index contributed by atoms with van der Waals surface area (Å²) in [4.78, 5) is 8.08. The smallest absolute Gasteiger partial charge is 0.172 e. The quantitative estimate of drug-likeness (QED) is 0.303. The molecule has 6 heteroatoms. The molecule has 1 aromatic carbocycles. The van der Waals surface area contributed by atoms with E-state index in [-0.39, 0.29) is 11.5 Å². The van der Waals surface area contributed by atoms with Crippen LogP contribution in [0.15, 0.2) is 71.5 Å². The van der Waals surface area contributed by atoms with Gasteiger partial charge in [0, 0.05) is 35.2 Å². The van der Waals surface area contributed by atoms with Gasteiger partial charge >= 0.3 is 0 Å². The first-order valence-corrected chi connectivity index (χ1v) is 13.9. The van der Waals surface area contributed by atoms with Crippen LogP contribution < -0.4 is 0 Å². The standard InChI is InChI=1S/C26H29N3O2Si/c1-26(2,3)25(31-32(4)5)23-10-9-22(30-23)19-8-11-24-28-21(16-29(24)15-19)18-7-6-17-12-13-27-20(17)14-18/h6-16,25,27,32H,1-5H3. The van der Waals surface area contributed by atoms with Crippen molar-refractivity contribution in [2.45, 2.75) is 40.0 Å². The van der Waals surface area contributed by atoms with Gasteiger partial charge in [-0.25, -0.2) is 4.98 Å². The van der Waals surface area contributed by atoms with E-state index in [1.54, 1.807) is 0 Å². The van der Waals surface area contributed by atoms with E-state index in [1.165, 1.54) is 5.39 Å². The van der Waals surface area contributed by atoms with Crippen LogP contribution in [0.4, 0.5) is 0 Å². The van der Waals surface area contributed by atoms with Gasteiger partial charge in [-0.15, -0.1) is 0 Å². The van der Waals surface area contributed by atoms with Crippen LogP contribution >= 0.6 is 0 Å². The molecular weight excluding hydrogens is 414 g/mol. The van der Waals surface area contributed by atoms with Crippen LogP contribution in [0.3, 0.4) is 0 Å². The summed E-state index contributed by atoms with van der Waals surface area (Å²) < 4.78 is 14.7. The Labute approximate surface area is 189 Å². The lowest BCUT2D eigenvalue weighted by atomic mass is 9.88. The number of imidazole rings is 1. The number of nitrogens with one attached hydrogen (secondary N) is 1. The molecule has 5 aromatic rings. The summed E-state index contributed by atoms with van der Waals surface area (Å²) in [6, 6.07) is 16.6. The maximum Gasteiger partial charge on any atom is 0.172 e. The number of H-pyrrole nitrogens is 1. The number of rotatable bonds is 5. The predicted molar refractivity (Wildman–Crippen MR) is 132 cm³/mol. The number of benzene rings is 1. The average molecular weight is 444 g/mol. The second kappa shape index (κ2) is 7.80. The highest BCUT2D eigenvalue weighted by molar-refractivity contribution is 6.48. The molecule has 0 bridgehead atoms. The van der Waals surface area contributed by atoms with Gasteiger partial charge in [-0.05, 0) is 60.3 Å². The second-order valence-electron chi connectivity index (χ2n) is 9.72. The van der Waals surface area contributed by atoms with Crippen molar-refractivity contribution in [3.8, 4) is 22.6 Å². The van der Waals surface area contributed by atoms with Gasteiger partial charge in [-0.2, -0.15) is 0 Å². The molecule has 164 valence electrons. The number of aromatic nitrogens is 3. The summed E-state index contributed by atoms with van der Waals surface area (Å²) in [6.07, 6.45) is 6.05. The molecule has 1 atom stereocenters. The Hall–Kier alpha value is -3.09. The third-order valence-electron chi connectivity index (χ3n) is 5.67. The highest BCUT2D eigenvalue weighted by atomic mass is 28.3. The molecule has 4 heterocycles. The fraction of sp³-hybridized carbons (Fsp3) is 0.269. The molecule has 5 rings (SSSR count). The molecule has 0 radical (unpaired) electrons. The largest absolute Gasteiger partial charge is 0.458 e. The number of furan rings is 1. The van der Waals surface area contributed by atoms with Gasteiger partial charge in [-0.1, -0.05) is 32.9 Å². The highest BCUT2D eigenvalue weighted by Crippen LogP contribution is 2.39. The van der Waals surface area contributed by atoms with Gasteiger partial charge in [0.05, 0.1) is 5.69 Å². The van der Waals surface area contributed by atoms with Crippen molar-refractivity contribution >= 4 is 25.6 Å². The molecule has 1 N–H and O–H groups in total. The van der Waals surface area contributed by atoms with Crippen molar-refractivity contribution in [3.05, 3.63) is 72.9 Å². The Morgan fingerprint density at radius 3 is 2.59 bits per heavy atom. The first-order valence-electron chi connectivity index (χ1n) is 11.1. The molecule has 0 spiro atoms. The van der Waals surface area contributed by atoms with E-state index in [2.05, 4.69) is 92.0 Å². The van der Waals surface area contributed by atoms with Crippen LogP contribution in [0, 0.1) is 5.41 Å². The Morgan fingerprint density at radius 2 is 1.81 bits per heavy atom. The van der Waals surface area contributed by atoms with Crippen molar-refractivity contribution in [1.82, 2.24) is 14.4 Å². The maximum atomic E-state index is 6.32. The lowest BCUT2D eigenvalue weighted by Crippen LogP contribution is -2.25. The summed E-state index contributed by atoms with van der Waals surface area (Å²) in [7, 11) is -1.21. The van der Waals surface area contributed by atoms with Crippen LogP contribution in [0.1, 0.15) is 32.6 Å². The molecule has 0 fully saturated rings. The van der Waals surface area contributed by atoms with Gasteiger partial charge < -0.3 is 18.2 Å². The van der Waals surface area contributed by atoms with E-state index in [1.807, 2.05) is 18.3 Å². The molecule has 0 saturated heterocycles. The Kier molecular flexibility index (Phi) is 5.07. The van der Waals surface area contributed by atoms with Crippen LogP contribution in [0.25, 0.3) is 39.1 Å². The third-order valence-corrected chi connectivity index (χ3v) is 6.48. The van der Waals surface area contributed by atoms with Crippen molar-refractivity contribution in [3.63, 3.8) is 0 Å². The van der Waals surface area contributed by atoms with Crippen LogP contribution in [0.2, 0.25) is 13.1 Å². The number of hydrogen-bond donors (Lipinski definition) is 1. The lowest BCUT2D eigenvalue weighted by molar-refractivity contribution is 0.0668. The van der Waals surface area contributed by atoms with E-state index in [9.17, 15) is 0 Å². The third kappa shape index (κ3) is 3.92. The fourth-order valence-electron chi connectivity index (χ4n) is 4.10. The number of pyridine rings is 1. The second-order valence-corrected chi connectivity index (χ2v) is 12.1. The fourth-order valence-corrected chi connectivity index (χ4v) is 5.19. The molecule has 1 unspecified atom stereocenters. The molecule has 0 amide bonds. The zero-order chi connectivity index (χ0) is 22.5. The van der Waals surface area contributed by atoms with Gasteiger partial charge in [0.25, 0.3) is 0 Å². The molecule has 0 aliphatic heterocycles. The molecular formula is C26H29N3O2Si. The van der Waals surface area contributed by atoms with E-state index >= 15 is 0 Å². The Balaban J connectivity index is 1.48. The summed E-state index contributed by atoms with van der Waals surface area (Å²) in [6.45, 7) is 11.0. The maximum absolute atomic E-state index is 6.32. The first-order chi connectivity index (χ1) is 15.3. The zero-order valence-electron chi connectivity index (χ0n) is 19.2. The minimum atomic E-state index is -1.21. The molecule has 5 nitrogen and oxygen atoms in total. The Bertz CT molecular complexity index is 1390. The summed E-state index contributed by atoms with van der Waals surface area (Å²) in [5.74, 6) is 1.73. The number of hydrogen-bond acceptors (Lipinski definition) is 3. The summed E-state index contributed by atoms with van der Waals surface area (Å²) in [5.41, 5.74) is 5.04. The van der Waals surface area contributed by atoms with E-state index in [4.69, 9.17) is 13.8 Å². The van der Waals surface area contributed by atoms with Gasteiger partial charge in [0.1, 0.15) is 23.3 Å². The molecule has 4 aromatic heterocycles. The molecule has 0 saturated carbocycles.